The first-order chi connectivity index (χ1) is 11.2. The summed E-state index contributed by atoms with van der Waals surface area (Å²) < 4.78 is 10.8. The summed E-state index contributed by atoms with van der Waals surface area (Å²) in [6.07, 6.45) is 0.845. The van der Waals surface area contributed by atoms with Crippen LogP contribution >= 0.6 is 0 Å². The van der Waals surface area contributed by atoms with Crippen molar-refractivity contribution in [3.8, 4) is 5.88 Å². The number of amides is 1. The molecule has 0 unspecified atom stereocenters. The molecule has 0 radical (unpaired) electrons. The van der Waals surface area contributed by atoms with Crippen molar-refractivity contribution in [2.75, 3.05) is 50.9 Å². The fourth-order valence-corrected chi connectivity index (χ4v) is 3.00. The molecule has 7 heteroatoms. The zero-order valence-corrected chi connectivity index (χ0v) is 13.8. The summed E-state index contributed by atoms with van der Waals surface area (Å²) in [6, 6.07) is 1.84. The molecule has 126 valence electrons. The SMILES string of the molecule is CCOc1cc(C)nc(N2CCN(C(=O)[C@@H]3CCOC3)CC2)n1. The largest absolute Gasteiger partial charge is 0.478 e. The van der Waals surface area contributed by atoms with Gasteiger partial charge < -0.3 is 19.3 Å². The molecule has 1 aromatic rings. The maximum absolute atomic E-state index is 12.4. The number of hydrogen-bond acceptors (Lipinski definition) is 6. The molecule has 0 aromatic carbocycles. The number of carbonyl (C=O) groups excluding carboxylic acids is 1. The minimum Gasteiger partial charge on any atom is -0.478 e. The summed E-state index contributed by atoms with van der Waals surface area (Å²) in [5.74, 6) is 1.56. The molecule has 1 aromatic heterocycles. The summed E-state index contributed by atoms with van der Waals surface area (Å²) in [4.78, 5) is 25.4. The highest BCUT2D eigenvalue weighted by atomic mass is 16.5. The van der Waals surface area contributed by atoms with E-state index in [1.807, 2.05) is 24.8 Å². The third-order valence-electron chi connectivity index (χ3n) is 4.26. The van der Waals surface area contributed by atoms with E-state index in [2.05, 4.69) is 14.9 Å². The van der Waals surface area contributed by atoms with Crippen molar-refractivity contribution in [1.82, 2.24) is 14.9 Å². The van der Waals surface area contributed by atoms with Gasteiger partial charge >= 0.3 is 0 Å². The van der Waals surface area contributed by atoms with Gasteiger partial charge in [-0.05, 0) is 20.3 Å². The summed E-state index contributed by atoms with van der Waals surface area (Å²) in [5, 5.41) is 0. The van der Waals surface area contributed by atoms with E-state index in [4.69, 9.17) is 9.47 Å². The first-order valence-electron chi connectivity index (χ1n) is 8.27. The van der Waals surface area contributed by atoms with Gasteiger partial charge in [-0.25, -0.2) is 4.98 Å². The second-order valence-corrected chi connectivity index (χ2v) is 5.95. The molecule has 3 rings (SSSR count). The van der Waals surface area contributed by atoms with Gasteiger partial charge in [-0.1, -0.05) is 0 Å². The van der Waals surface area contributed by atoms with Crippen molar-refractivity contribution in [3.63, 3.8) is 0 Å². The fourth-order valence-electron chi connectivity index (χ4n) is 3.00. The number of anilines is 1. The van der Waals surface area contributed by atoms with E-state index in [9.17, 15) is 4.79 Å². The Morgan fingerprint density at radius 2 is 2.13 bits per heavy atom. The quantitative estimate of drug-likeness (QED) is 0.820. The Morgan fingerprint density at radius 1 is 1.35 bits per heavy atom. The Hall–Kier alpha value is -1.89. The molecule has 2 saturated heterocycles. The van der Waals surface area contributed by atoms with Crippen LogP contribution in [0.25, 0.3) is 0 Å². The van der Waals surface area contributed by atoms with Gasteiger partial charge in [0, 0.05) is 44.5 Å². The summed E-state index contributed by atoms with van der Waals surface area (Å²) in [5.41, 5.74) is 0.889. The molecule has 0 aliphatic carbocycles. The average molecular weight is 320 g/mol. The van der Waals surface area contributed by atoms with Gasteiger partial charge in [0.05, 0.1) is 19.1 Å². The van der Waals surface area contributed by atoms with Crippen LogP contribution in [0.1, 0.15) is 19.0 Å². The van der Waals surface area contributed by atoms with Crippen LogP contribution in [0.5, 0.6) is 5.88 Å². The van der Waals surface area contributed by atoms with Crippen molar-refractivity contribution < 1.29 is 14.3 Å². The molecule has 0 bridgehead atoms. The predicted octanol–water partition coefficient (Wildman–Crippen LogP) is 0.869. The molecule has 2 fully saturated rings. The third kappa shape index (κ3) is 3.72. The van der Waals surface area contributed by atoms with Crippen LogP contribution in [0, 0.1) is 12.8 Å². The number of carbonyl (C=O) groups is 1. The van der Waals surface area contributed by atoms with E-state index in [1.165, 1.54) is 0 Å². The third-order valence-corrected chi connectivity index (χ3v) is 4.26. The topological polar surface area (TPSA) is 67.8 Å². The van der Waals surface area contributed by atoms with Crippen LogP contribution in [-0.2, 0) is 9.53 Å². The van der Waals surface area contributed by atoms with Gasteiger partial charge in [-0.2, -0.15) is 4.98 Å². The second kappa shape index (κ2) is 7.12. The van der Waals surface area contributed by atoms with Crippen LogP contribution in [0.4, 0.5) is 5.95 Å². The monoisotopic (exact) mass is 320 g/mol. The Kier molecular flexibility index (Phi) is 4.95. The molecule has 1 amide bonds. The molecule has 0 spiro atoms. The molecule has 2 aliphatic heterocycles. The number of nitrogens with zero attached hydrogens (tertiary/aromatic N) is 4. The lowest BCUT2D eigenvalue weighted by Crippen LogP contribution is -2.51. The first-order valence-corrected chi connectivity index (χ1v) is 8.27. The summed E-state index contributed by atoms with van der Waals surface area (Å²) in [6.45, 7) is 8.63. The number of aromatic nitrogens is 2. The van der Waals surface area contributed by atoms with Gasteiger partial charge in [-0.3, -0.25) is 4.79 Å². The number of hydrogen-bond donors (Lipinski definition) is 0. The molecule has 2 aliphatic rings. The lowest BCUT2D eigenvalue weighted by atomic mass is 10.1. The Bertz CT molecular complexity index is 552. The van der Waals surface area contributed by atoms with Crippen molar-refractivity contribution in [1.29, 1.82) is 0 Å². The van der Waals surface area contributed by atoms with Crippen molar-refractivity contribution in [3.05, 3.63) is 11.8 Å². The van der Waals surface area contributed by atoms with Gasteiger partial charge in [0.25, 0.3) is 0 Å². The smallest absolute Gasteiger partial charge is 0.228 e. The van der Waals surface area contributed by atoms with Crippen LogP contribution in [-0.4, -0.2) is 66.8 Å². The van der Waals surface area contributed by atoms with Crippen LogP contribution in [0.15, 0.2) is 6.07 Å². The lowest BCUT2D eigenvalue weighted by Gasteiger charge is -2.35. The van der Waals surface area contributed by atoms with Gasteiger partial charge in [0.1, 0.15) is 0 Å². The minimum absolute atomic E-state index is 0.0429. The molecule has 0 N–H and O–H groups in total. The molecular weight excluding hydrogens is 296 g/mol. The zero-order chi connectivity index (χ0) is 16.2. The number of rotatable bonds is 4. The van der Waals surface area contributed by atoms with E-state index >= 15 is 0 Å². The summed E-state index contributed by atoms with van der Waals surface area (Å²) >= 11 is 0. The molecule has 0 saturated carbocycles. The molecular formula is C16H24N4O3. The first kappa shape index (κ1) is 16.0. The van der Waals surface area contributed by atoms with Crippen molar-refractivity contribution in [2.45, 2.75) is 20.3 Å². The highest BCUT2D eigenvalue weighted by Crippen LogP contribution is 2.20. The Morgan fingerprint density at radius 3 is 2.78 bits per heavy atom. The van der Waals surface area contributed by atoms with Crippen LogP contribution < -0.4 is 9.64 Å². The maximum Gasteiger partial charge on any atom is 0.228 e. The van der Waals surface area contributed by atoms with Gasteiger partial charge in [0.2, 0.25) is 17.7 Å². The van der Waals surface area contributed by atoms with Crippen molar-refractivity contribution in [2.24, 2.45) is 5.92 Å². The normalized spacial score (nSPS) is 21.6. The maximum atomic E-state index is 12.4. The van der Waals surface area contributed by atoms with E-state index in [-0.39, 0.29) is 11.8 Å². The highest BCUT2D eigenvalue weighted by molar-refractivity contribution is 5.79. The standard InChI is InChI=1S/C16H24N4O3/c1-3-23-14-10-12(2)17-16(18-14)20-7-5-19(6-8-20)15(21)13-4-9-22-11-13/h10,13H,3-9,11H2,1-2H3/t13-/m1/s1. The molecule has 1 atom stereocenters. The average Bonchev–Trinajstić information content (AvgIpc) is 3.08. The molecule has 7 nitrogen and oxygen atoms in total. The lowest BCUT2D eigenvalue weighted by molar-refractivity contribution is -0.135. The minimum atomic E-state index is 0.0429. The number of ether oxygens (including phenoxy) is 2. The number of piperazine rings is 1. The zero-order valence-electron chi connectivity index (χ0n) is 13.8. The second-order valence-electron chi connectivity index (χ2n) is 5.95. The van der Waals surface area contributed by atoms with Crippen LogP contribution in [0.3, 0.4) is 0 Å². The summed E-state index contributed by atoms with van der Waals surface area (Å²) in [7, 11) is 0. The van der Waals surface area contributed by atoms with Gasteiger partial charge in [-0.15, -0.1) is 0 Å². The van der Waals surface area contributed by atoms with E-state index in [1.54, 1.807) is 0 Å². The van der Waals surface area contributed by atoms with E-state index in [0.29, 0.717) is 44.7 Å². The fraction of sp³-hybridized carbons (Fsp3) is 0.688. The van der Waals surface area contributed by atoms with Gasteiger partial charge in [0.15, 0.2) is 0 Å². The van der Waals surface area contributed by atoms with E-state index < -0.39 is 0 Å². The molecule has 23 heavy (non-hydrogen) atoms. The highest BCUT2D eigenvalue weighted by Gasteiger charge is 2.30. The Labute approximate surface area is 136 Å². The Balaban J connectivity index is 1.61. The predicted molar refractivity (Wildman–Crippen MR) is 85.7 cm³/mol. The van der Waals surface area contributed by atoms with Crippen LogP contribution in [0.2, 0.25) is 0 Å². The van der Waals surface area contributed by atoms with E-state index in [0.717, 1.165) is 25.2 Å². The molecule has 3 heterocycles. The number of aryl methyl sites for hydroxylation is 1. The van der Waals surface area contributed by atoms with Crippen molar-refractivity contribution >= 4 is 11.9 Å².